The van der Waals surface area contributed by atoms with E-state index in [1.165, 1.54) is 16.7 Å². The molecule has 2 N–H and O–H groups in total. The zero-order valence-electron chi connectivity index (χ0n) is 11.1. The lowest BCUT2D eigenvalue weighted by Crippen LogP contribution is -2.05. The van der Waals surface area contributed by atoms with Crippen LogP contribution in [0.5, 0.6) is 0 Å². The molecular weight excluding hydrogens is 254 g/mol. The standard InChI is InChI=1S/C16H19NOS/c1-13-4-2-3-5-15(13)12-19(18)11-10-14-6-8-16(17)9-7-14/h2-9H,10-12,17H2,1H3. The molecule has 100 valence electrons. The Kier molecular flexibility index (Phi) is 4.74. The number of benzene rings is 2. The van der Waals surface area contributed by atoms with Gasteiger partial charge in [-0.1, -0.05) is 36.4 Å². The first-order valence-electron chi connectivity index (χ1n) is 6.39. The van der Waals surface area contributed by atoms with E-state index in [0.29, 0.717) is 11.5 Å². The molecule has 0 saturated heterocycles. The van der Waals surface area contributed by atoms with E-state index < -0.39 is 10.8 Å². The maximum Gasteiger partial charge on any atom is 0.0488 e. The van der Waals surface area contributed by atoms with Crippen LogP contribution in [0.2, 0.25) is 0 Å². The van der Waals surface area contributed by atoms with Crippen LogP contribution in [0.3, 0.4) is 0 Å². The van der Waals surface area contributed by atoms with Gasteiger partial charge in [0, 0.05) is 28.0 Å². The first-order valence-corrected chi connectivity index (χ1v) is 7.88. The van der Waals surface area contributed by atoms with Gasteiger partial charge in [0.2, 0.25) is 0 Å². The Morgan fingerprint density at radius 2 is 1.74 bits per heavy atom. The van der Waals surface area contributed by atoms with Crippen molar-refractivity contribution in [3.05, 3.63) is 65.2 Å². The molecule has 3 heteroatoms. The van der Waals surface area contributed by atoms with Gasteiger partial charge in [0.25, 0.3) is 0 Å². The number of hydrogen-bond acceptors (Lipinski definition) is 2. The van der Waals surface area contributed by atoms with Gasteiger partial charge >= 0.3 is 0 Å². The maximum atomic E-state index is 12.1. The highest BCUT2D eigenvalue weighted by molar-refractivity contribution is 7.84. The van der Waals surface area contributed by atoms with E-state index in [1.54, 1.807) is 0 Å². The fraction of sp³-hybridized carbons (Fsp3) is 0.250. The van der Waals surface area contributed by atoms with Crippen molar-refractivity contribution in [3.63, 3.8) is 0 Å². The molecule has 0 bridgehead atoms. The fourth-order valence-corrected chi connectivity index (χ4v) is 3.21. The van der Waals surface area contributed by atoms with E-state index in [1.807, 2.05) is 36.4 Å². The molecule has 0 heterocycles. The minimum Gasteiger partial charge on any atom is -0.399 e. The highest BCUT2D eigenvalue weighted by Gasteiger charge is 2.04. The van der Waals surface area contributed by atoms with Gasteiger partial charge < -0.3 is 5.73 Å². The third kappa shape index (κ3) is 4.21. The van der Waals surface area contributed by atoms with Gasteiger partial charge in [-0.15, -0.1) is 0 Å². The van der Waals surface area contributed by atoms with Crippen LogP contribution in [0, 0.1) is 6.92 Å². The van der Waals surface area contributed by atoms with E-state index in [9.17, 15) is 4.21 Å². The predicted octanol–water partition coefficient (Wildman–Crippen LogP) is 3.07. The third-order valence-electron chi connectivity index (χ3n) is 3.18. The zero-order chi connectivity index (χ0) is 13.7. The van der Waals surface area contributed by atoms with Crippen LogP contribution in [0.25, 0.3) is 0 Å². The molecule has 2 aromatic carbocycles. The van der Waals surface area contributed by atoms with Crippen LogP contribution >= 0.6 is 0 Å². The molecule has 0 aliphatic heterocycles. The van der Waals surface area contributed by atoms with Crippen LogP contribution in [0.4, 0.5) is 5.69 Å². The van der Waals surface area contributed by atoms with Crippen molar-refractivity contribution in [1.82, 2.24) is 0 Å². The summed E-state index contributed by atoms with van der Waals surface area (Å²) in [7, 11) is -0.818. The minimum absolute atomic E-state index is 0.641. The van der Waals surface area contributed by atoms with Crippen molar-refractivity contribution in [1.29, 1.82) is 0 Å². The molecule has 0 aliphatic rings. The van der Waals surface area contributed by atoms with E-state index in [4.69, 9.17) is 5.73 Å². The van der Waals surface area contributed by atoms with Gasteiger partial charge in [0.1, 0.15) is 0 Å². The van der Waals surface area contributed by atoms with Crippen LogP contribution in [0.1, 0.15) is 16.7 Å². The van der Waals surface area contributed by atoms with Gasteiger partial charge in [0.05, 0.1) is 0 Å². The summed E-state index contributed by atoms with van der Waals surface area (Å²) in [6.45, 7) is 2.06. The average molecular weight is 273 g/mol. The molecule has 0 saturated carbocycles. The number of anilines is 1. The van der Waals surface area contributed by atoms with Crippen LogP contribution in [-0.4, -0.2) is 9.96 Å². The molecule has 0 fully saturated rings. The van der Waals surface area contributed by atoms with Crippen molar-refractivity contribution in [2.45, 2.75) is 19.1 Å². The third-order valence-corrected chi connectivity index (χ3v) is 4.47. The monoisotopic (exact) mass is 273 g/mol. The molecule has 0 aromatic heterocycles. The minimum atomic E-state index is -0.818. The van der Waals surface area contributed by atoms with Crippen LogP contribution in [0.15, 0.2) is 48.5 Å². The molecule has 0 aliphatic carbocycles. The molecule has 0 radical (unpaired) electrons. The lowest BCUT2D eigenvalue weighted by molar-refractivity contribution is 0.681. The summed E-state index contributed by atoms with van der Waals surface area (Å²) in [6.07, 6.45) is 0.832. The first kappa shape index (κ1) is 13.8. The van der Waals surface area contributed by atoms with Crippen molar-refractivity contribution in [3.8, 4) is 0 Å². The second-order valence-electron chi connectivity index (χ2n) is 4.71. The highest BCUT2D eigenvalue weighted by atomic mass is 32.2. The van der Waals surface area contributed by atoms with Gasteiger partial charge in [-0.3, -0.25) is 4.21 Å². The Morgan fingerprint density at radius 3 is 2.42 bits per heavy atom. The van der Waals surface area contributed by atoms with E-state index in [0.717, 1.165) is 12.1 Å². The van der Waals surface area contributed by atoms with Crippen molar-refractivity contribution >= 4 is 16.5 Å². The number of hydrogen-bond donors (Lipinski definition) is 1. The lowest BCUT2D eigenvalue weighted by Gasteiger charge is -2.06. The molecule has 2 nitrogen and oxygen atoms in total. The Bertz CT molecular complexity index is 563. The van der Waals surface area contributed by atoms with E-state index >= 15 is 0 Å². The summed E-state index contributed by atoms with van der Waals surface area (Å²) >= 11 is 0. The Labute approximate surface area is 117 Å². The van der Waals surface area contributed by atoms with E-state index in [-0.39, 0.29) is 0 Å². The first-order chi connectivity index (χ1) is 9.15. The summed E-state index contributed by atoms with van der Waals surface area (Å²) in [5.41, 5.74) is 9.99. The number of nitrogen functional groups attached to an aromatic ring is 1. The quantitative estimate of drug-likeness (QED) is 0.851. The van der Waals surface area contributed by atoms with Gasteiger partial charge in [-0.05, 0) is 42.2 Å². The average Bonchev–Trinajstić information content (AvgIpc) is 2.41. The normalized spacial score (nSPS) is 12.3. The van der Waals surface area contributed by atoms with Crippen molar-refractivity contribution in [2.24, 2.45) is 0 Å². The molecule has 2 aromatic rings. The van der Waals surface area contributed by atoms with Gasteiger partial charge in [0.15, 0.2) is 0 Å². The molecule has 1 atom stereocenters. The van der Waals surface area contributed by atoms with E-state index in [2.05, 4.69) is 19.1 Å². The largest absolute Gasteiger partial charge is 0.399 e. The van der Waals surface area contributed by atoms with Gasteiger partial charge in [-0.25, -0.2) is 0 Å². The summed E-state index contributed by atoms with van der Waals surface area (Å²) in [4.78, 5) is 0. The Hall–Kier alpha value is -1.61. The molecule has 0 amide bonds. The molecule has 2 rings (SSSR count). The molecule has 0 spiro atoms. The number of aryl methyl sites for hydroxylation is 2. The van der Waals surface area contributed by atoms with Crippen molar-refractivity contribution in [2.75, 3.05) is 11.5 Å². The maximum absolute atomic E-state index is 12.1. The summed E-state index contributed by atoms with van der Waals surface area (Å²) in [5.74, 6) is 1.33. The molecule has 19 heavy (non-hydrogen) atoms. The number of nitrogens with two attached hydrogens (primary N) is 1. The highest BCUT2D eigenvalue weighted by Crippen LogP contribution is 2.11. The van der Waals surface area contributed by atoms with Crippen LogP contribution < -0.4 is 5.73 Å². The fourth-order valence-electron chi connectivity index (χ4n) is 1.93. The SMILES string of the molecule is Cc1ccccc1CS(=O)CCc1ccc(N)cc1. The molecular formula is C16H19NOS. The second kappa shape index (κ2) is 6.53. The Balaban J connectivity index is 1.88. The predicted molar refractivity (Wildman–Crippen MR) is 82.5 cm³/mol. The van der Waals surface area contributed by atoms with Crippen LogP contribution in [-0.2, 0) is 23.0 Å². The summed E-state index contributed by atoms with van der Waals surface area (Å²) in [6, 6.07) is 15.9. The zero-order valence-corrected chi connectivity index (χ0v) is 12.0. The summed E-state index contributed by atoms with van der Waals surface area (Å²) < 4.78 is 12.1. The van der Waals surface area contributed by atoms with Gasteiger partial charge in [-0.2, -0.15) is 0 Å². The molecule has 1 unspecified atom stereocenters. The lowest BCUT2D eigenvalue weighted by atomic mass is 10.1. The topological polar surface area (TPSA) is 43.1 Å². The summed E-state index contributed by atoms with van der Waals surface area (Å²) in [5, 5.41) is 0. The number of rotatable bonds is 5. The second-order valence-corrected chi connectivity index (χ2v) is 6.28. The Morgan fingerprint density at radius 1 is 1.05 bits per heavy atom. The smallest absolute Gasteiger partial charge is 0.0488 e. The van der Waals surface area contributed by atoms with Crippen molar-refractivity contribution < 1.29 is 4.21 Å².